The SMILES string of the molecule is CCOc1ccc(N=Cc2ccc(OC(=O)c3sc4ccccc4c3Cl)c(OCC)c2)cc1. The molecule has 4 aromatic rings. The smallest absolute Gasteiger partial charge is 0.355 e. The van der Waals surface area contributed by atoms with Gasteiger partial charge >= 0.3 is 5.97 Å². The molecular formula is C26H22ClNO4S. The largest absolute Gasteiger partial charge is 0.494 e. The molecule has 168 valence electrons. The number of carbonyl (C=O) groups is 1. The zero-order valence-electron chi connectivity index (χ0n) is 18.2. The van der Waals surface area contributed by atoms with Crippen LogP contribution in [0, 0.1) is 0 Å². The van der Waals surface area contributed by atoms with Crippen LogP contribution >= 0.6 is 22.9 Å². The van der Waals surface area contributed by atoms with E-state index in [1.54, 1.807) is 18.3 Å². The molecule has 1 aromatic heterocycles. The summed E-state index contributed by atoms with van der Waals surface area (Å²) < 4.78 is 17.7. The second-order valence-electron chi connectivity index (χ2n) is 6.96. The topological polar surface area (TPSA) is 57.1 Å². The van der Waals surface area contributed by atoms with Crippen molar-refractivity contribution in [3.63, 3.8) is 0 Å². The van der Waals surface area contributed by atoms with Gasteiger partial charge in [0.05, 0.1) is 23.9 Å². The molecule has 4 rings (SSSR count). The van der Waals surface area contributed by atoms with Crippen LogP contribution in [0.2, 0.25) is 5.02 Å². The van der Waals surface area contributed by atoms with E-state index in [1.807, 2.05) is 68.4 Å². The molecule has 0 saturated heterocycles. The second kappa shape index (κ2) is 10.5. The van der Waals surface area contributed by atoms with Gasteiger partial charge < -0.3 is 14.2 Å². The number of benzene rings is 3. The second-order valence-corrected chi connectivity index (χ2v) is 8.39. The summed E-state index contributed by atoms with van der Waals surface area (Å²) in [6, 6.07) is 20.4. The molecular weight excluding hydrogens is 458 g/mol. The van der Waals surface area contributed by atoms with Crippen molar-refractivity contribution < 1.29 is 19.0 Å². The summed E-state index contributed by atoms with van der Waals surface area (Å²) in [6.07, 6.45) is 1.73. The van der Waals surface area contributed by atoms with E-state index in [-0.39, 0.29) is 0 Å². The molecule has 0 radical (unpaired) electrons. The van der Waals surface area contributed by atoms with E-state index in [2.05, 4.69) is 4.99 Å². The van der Waals surface area contributed by atoms with Crippen molar-refractivity contribution in [2.45, 2.75) is 13.8 Å². The van der Waals surface area contributed by atoms with Crippen LogP contribution in [0.15, 0.2) is 71.7 Å². The predicted octanol–water partition coefficient (Wildman–Crippen LogP) is 7.32. The summed E-state index contributed by atoms with van der Waals surface area (Å²) in [7, 11) is 0. The molecule has 1 heterocycles. The van der Waals surface area contributed by atoms with E-state index in [4.69, 9.17) is 25.8 Å². The van der Waals surface area contributed by atoms with Gasteiger partial charge in [0, 0.05) is 16.3 Å². The van der Waals surface area contributed by atoms with E-state index in [0.717, 1.165) is 27.1 Å². The van der Waals surface area contributed by atoms with Gasteiger partial charge in [0.25, 0.3) is 0 Å². The fraction of sp³-hybridized carbons (Fsp3) is 0.154. The number of nitrogens with zero attached hydrogens (tertiary/aromatic N) is 1. The first-order chi connectivity index (χ1) is 16.1. The summed E-state index contributed by atoms with van der Waals surface area (Å²) >= 11 is 7.73. The van der Waals surface area contributed by atoms with E-state index in [9.17, 15) is 4.79 Å². The van der Waals surface area contributed by atoms with E-state index < -0.39 is 5.97 Å². The van der Waals surface area contributed by atoms with E-state index in [1.165, 1.54) is 11.3 Å². The van der Waals surface area contributed by atoms with Crippen molar-refractivity contribution in [1.82, 2.24) is 0 Å². The Morgan fingerprint density at radius 1 is 0.970 bits per heavy atom. The Hall–Kier alpha value is -3.35. The highest BCUT2D eigenvalue weighted by Gasteiger charge is 2.20. The Kier molecular flexibility index (Phi) is 7.27. The number of halogens is 1. The highest BCUT2D eigenvalue weighted by atomic mass is 35.5. The Morgan fingerprint density at radius 2 is 1.73 bits per heavy atom. The van der Waals surface area contributed by atoms with Crippen LogP contribution in [0.4, 0.5) is 5.69 Å². The lowest BCUT2D eigenvalue weighted by molar-refractivity contribution is 0.0733. The lowest BCUT2D eigenvalue weighted by Gasteiger charge is -2.11. The number of rotatable bonds is 8. The molecule has 5 nitrogen and oxygen atoms in total. The molecule has 0 fully saturated rings. The molecule has 7 heteroatoms. The molecule has 33 heavy (non-hydrogen) atoms. The average molecular weight is 480 g/mol. The maximum absolute atomic E-state index is 12.8. The third-order valence-corrected chi connectivity index (χ3v) is 6.36. The molecule has 3 aromatic carbocycles. The monoisotopic (exact) mass is 479 g/mol. The van der Waals surface area contributed by atoms with Crippen molar-refractivity contribution in [2.24, 2.45) is 4.99 Å². The molecule has 0 atom stereocenters. The molecule has 0 aliphatic heterocycles. The van der Waals surface area contributed by atoms with Crippen molar-refractivity contribution in [3.8, 4) is 17.2 Å². The summed E-state index contributed by atoms with van der Waals surface area (Å²) in [5, 5.41) is 1.24. The standard InChI is InChI=1S/C26H22ClNO4S/c1-3-30-19-12-10-18(11-13-19)28-16-17-9-14-21(22(15-17)31-4-2)32-26(29)25-24(27)20-7-5-6-8-23(20)33-25/h5-16H,3-4H2,1-2H3. The molecule has 0 saturated carbocycles. The fourth-order valence-electron chi connectivity index (χ4n) is 3.19. The highest BCUT2D eigenvalue weighted by molar-refractivity contribution is 7.21. The Bertz CT molecular complexity index is 1300. The number of carbonyl (C=O) groups excluding carboxylic acids is 1. The first-order valence-corrected chi connectivity index (χ1v) is 11.7. The van der Waals surface area contributed by atoms with Crippen LogP contribution in [0.5, 0.6) is 17.2 Å². The van der Waals surface area contributed by atoms with E-state index >= 15 is 0 Å². The lowest BCUT2D eigenvalue weighted by atomic mass is 10.2. The van der Waals surface area contributed by atoms with Gasteiger partial charge in [0.15, 0.2) is 11.5 Å². The van der Waals surface area contributed by atoms with Crippen molar-refractivity contribution in [3.05, 3.63) is 82.2 Å². The van der Waals surface area contributed by atoms with Crippen LogP contribution in [0.3, 0.4) is 0 Å². The van der Waals surface area contributed by atoms with E-state index in [0.29, 0.717) is 34.6 Å². The molecule has 0 N–H and O–H groups in total. The summed E-state index contributed by atoms with van der Waals surface area (Å²) in [5.41, 5.74) is 1.61. The third kappa shape index (κ3) is 5.35. The van der Waals surface area contributed by atoms with Crippen molar-refractivity contribution >= 4 is 50.9 Å². The van der Waals surface area contributed by atoms with Gasteiger partial charge in [-0.25, -0.2) is 4.79 Å². The number of hydrogen-bond donors (Lipinski definition) is 0. The lowest BCUT2D eigenvalue weighted by Crippen LogP contribution is -2.08. The van der Waals surface area contributed by atoms with Crippen LogP contribution in [0.25, 0.3) is 10.1 Å². The van der Waals surface area contributed by atoms with Crippen LogP contribution < -0.4 is 14.2 Å². The van der Waals surface area contributed by atoms with Gasteiger partial charge in [0.2, 0.25) is 0 Å². The molecule has 0 aliphatic rings. The first kappa shape index (κ1) is 22.8. The van der Waals surface area contributed by atoms with Gasteiger partial charge in [-0.15, -0.1) is 11.3 Å². The number of aliphatic imine (C=N–C) groups is 1. The molecule has 0 unspecified atom stereocenters. The van der Waals surface area contributed by atoms with Gasteiger partial charge in [0.1, 0.15) is 10.6 Å². The highest BCUT2D eigenvalue weighted by Crippen LogP contribution is 2.37. The maximum Gasteiger partial charge on any atom is 0.355 e. The van der Waals surface area contributed by atoms with Gasteiger partial charge in [-0.3, -0.25) is 4.99 Å². The predicted molar refractivity (Wildman–Crippen MR) is 134 cm³/mol. The summed E-state index contributed by atoms with van der Waals surface area (Å²) in [5.74, 6) is 1.07. The van der Waals surface area contributed by atoms with Crippen LogP contribution in [-0.2, 0) is 0 Å². The minimum absolute atomic E-state index is 0.327. The number of thiophene rings is 1. The van der Waals surface area contributed by atoms with Gasteiger partial charge in [-0.1, -0.05) is 29.8 Å². The minimum atomic E-state index is -0.516. The van der Waals surface area contributed by atoms with Crippen molar-refractivity contribution in [1.29, 1.82) is 0 Å². The minimum Gasteiger partial charge on any atom is -0.494 e. The summed E-state index contributed by atoms with van der Waals surface area (Å²) in [4.78, 5) is 17.7. The fourth-order valence-corrected chi connectivity index (χ4v) is 4.58. The third-order valence-electron chi connectivity index (χ3n) is 4.70. The number of fused-ring (bicyclic) bond motifs is 1. The van der Waals surface area contributed by atoms with Gasteiger partial charge in [-0.05, 0) is 67.9 Å². The molecule has 0 amide bonds. The normalized spacial score (nSPS) is 11.1. The zero-order chi connectivity index (χ0) is 23.2. The molecule has 0 bridgehead atoms. The average Bonchev–Trinajstić information content (AvgIpc) is 3.17. The quantitative estimate of drug-likeness (QED) is 0.151. The van der Waals surface area contributed by atoms with Gasteiger partial charge in [-0.2, -0.15) is 0 Å². The number of ether oxygens (including phenoxy) is 3. The number of esters is 1. The van der Waals surface area contributed by atoms with Crippen molar-refractivity contribution in [2.75, 3.05) is 13.2 Å². The van der Waals surface area contributed by atoms with Crippen LogP contribution in [-0.4, -0.2) is 25.4 Å². The molecule has 0 aliphatic carbocycles. The maximum atomic E-state index is 12.8. The Balaban J connectivity index is 1.53. The summed E-state index contributed by atoms with van der Waals surface area (Å²) in [6.45, 7) is 4.86. The Morgan fingerprint density at radius 3 is 2.45 bits per heavy atom. The Labute approximate surface area is 201 Å². The number of hydrogen-bond acceptors (Lipinski definition) is 6. The first-order valence-electron chi connectivity index (χ1n) is 10.5. The zero-order valence-corrected chi connectivity index (χ0v) is 19.8. The molecule has 0 spiro atoms. The van der Waals surface area contributed by atoms with Crippen LogP contribution in [0.1, 0.15) is 29.1 Å².